The van der Waals surface area contributed by atoms with E-state index in [1.807, 2.05) is 0 Å². The largest absolute Gasteiger partial charge is 0.748 e. The molecule has 0 fully saturated rings. The first kappa shape index (κ1) is 20.9. The summed E-state index contributed by atoms with van der Waals surface area (Å²) in [5, 5.41) is 0. The predicted octanol–water partition coefficient (Wildman–Crippen LogP) is 5.40. The van der Waals surface area contributed by atoms with Gasteiger partial charge in [-0.3, -0.25) is 0 Å². The lowest BCUT2D eigenvalue weighted by atomic mass is 10.0. The van der Waals surface area contributed by atoms with Crippen LogP contribution in [0.3, 0.4) is 0 Å². The van der Waals surface area contributed by atoms with Crippen LogP contribution in [-0.4, -0.2) is 18.7 Å². The molecule has 21 heavy (non-hydrogen) atoms. The van der Waals surface area contributed by atoms with Crippen LogP contribution in [0.5, 0.6) is 0 Å². The Balaban J connectivity index is 3.03. The highest BCUT2D eigenvalue weighted by Gasteiger charge is 1.96. The van der Waals surface area contributed by atoms with Crippen LogP contribution in [0.4, 0.5) is 0 Å². The molecule has 3 nitrogen and oxygen atoms in total. The summed E-state index contributed by atoms with van der Waals surface area (Å²) in [7, 11) is -3.99. The second kappa shape index (κ2) is 14.8. The molecule has 4 heteroatoms. The van der Waals surface area contributed by atoms with Crippen LogP contribution in [0.25, 0.3) is 0 Å². The third-order valence-electron chi connectivity index (χ3n) is 4.00. The summed E-state index contributed by atoms with van der Waals surface area (Å²) in [5.41, 5.74) is 0. The van der Waals surface area contributed by atoms with Crippen molar-refractivity contribution >= 4 is 10.1 Å². The molecule has 0 bridgehead atoms. The number of unbranched alkanes of at least 4 members (excludes halogenated alkanes) is 14. The van der Waals surface area contributed by atoms with Crippen LogP contribution in [0, 0.1) is 0 Å². The van der Waals surface area contributed by atoms with Crippen LogP contribution >= 0.6 is 0 Å². The molecular weight excluding hydrogens is 284 g/mol. The van der Waals surface area contributed by atoms with Gasteiger partial charge >= 0.3 is 0 Å². The van der Waals surface area contributed by atoms with E-state index in [1.54, 1.807) is 0 Å². The number of hydrogen-bond acceptors (Lipinski definition) is 3. The zero-order chi connectivity index (χ0) is 15.8. The monoisotopic (exact) mass is 319 g/mol. The molecule has 0 atom stereocenters. The van der Waals surface area contributed by atoms with Gasteiger partial charge in [0.05, 0.1) is 10.1 Å². The molecule has 128 valence electrons. The van der Waals surface area contributed by atoms with Crippen molar-refractivity contribution in [3.8, 4) is 0 Å². The van der Waals surface area contributed by atoms with Gasteiger partial charge in [0.1, 0.15) is 0 Å². The van der Waals surface area contributed by atoms with Gasteiger partial charge in [0.2, 0.25) is 0 Å². The Kier molecular flexibility index (Phi) is 14.8. The normalized spacial score (nSPS) is 11.9. The fourth-order valence-corrected chi connectivity index (χ4v) is 3.21. The Morgan fingerprint density at radius 3 is 1.14 bits per heavy atom. The molecule has 0 aliphatic rings. The van der Waals surface area contributed by atoms with E-state index in [2.05, 4.69) is 6.92 Å². The molecular formula is C17H35O3S-. The van der Waals surface area contributed by atoms with Crippen molar-refractivity contribution in [2.45, 2.75) is 103 Å². The van der Waals surface area contributed by atoms with Crippen molar-refractivity contribution in [1.29, 1.82) is 0 Å². The van der Waals surface area contributed by atoms with Crippen molar-refractivity contribution in [3.63, 3.8) is 0 Å². The van der Waals surface area contributed by atoms with Crippen molar-refractivity contribution in [1.82, 2.24) is 0 Å². The average Bonchev–Trinajstić information content (AvgIpc) is 2.42. The second-order valence-corrected chi connectivity index (χ2v) is 7.74. The Hall–Kier alpha value is -0.0900. The van der Waals surface area contributed by atoms with Gasteiger partial charge in [0.25, 0.3) is 0 Å². The number of rotatable bonds is 16. The van der Waals surface area contributed by atoms with Crippen molar-refractivity contribution in [3.05, 3.63) is 0 Å². The molecule has 0 saturated carbocycles. The molecule has 0 spiro atoms. The highest BCUT2D eigenvalue weighted by Crippen LogP contribution is 2.13. The minimum absolute atomic E-state index is 0.189. The summed E-state index contributed by atoms with van der Waals surface area (Å²) >= 11 is 0. The van der Waals surface area contributed by atoms with E-state index in [4.69, 9.17) is 0 Å². The van der Waals surface area contributed by atoms with Crippen LogP contribution in [0.15, 0.2) is 0 Å². The third-order valence-corrected chi connectivity index (χ3v) is 4.79. The lowest BCUT2D eigenvalue weighted by Crippen LogP contribution is -2.03. The van der Waals surface area contributed by atoms with E-state index < -0.39 is 10.1 Å². The SMILES string of the molecule is CCCCCCCCCCCCCCCCCS(=O)(=O)[O-]. The van der Waals surface area contributed by atoms with Gasteiger partial charge in [-0.25, -0.2) is 8.42 Å². The van der Waals surface area contributed by atoms with E-state index >= 15 is 0 Å². The first-order valence-corrected chi connectivity index (χ1v) is 10.6. The summed E-state index contributed by atoms with van der Waals surface area (Å²) in [4.78, 5) is 0. The van der Waals surface area contributed by atoms with Crippen LogP contribution < -0.4 is 0 Å². The highest BCUT2D eigenvalue weighted by atomic mass is 32.2. The molecule has 0 aromatic heterocycles. The molecule has 0 aromatic carbocycles. The van der Waals surface area contributed by atoms with E-state index in [9.17, 15) is 13.0 Å². The van der Waals surface area contributed by atoms with Gasteiger partial charge in [0, 0.05) is 5.75 Å². The summed E-state index contributed by atoms with van der Waals surface area (Å²) in [5.74, 6) is -0.189. The Morgan fingerprint density at radius 1 is 0.571 bits per heavy atom. The van der Waals surface area contributed by atoms with E-state index in [1.165, 1.54) is 77.0 Å². The molecule has 0 radical (unpaired) electrons. The van der Waals surface area contributed by atoms with Crippen molar-refractivity contribution in [2.24, 2.45) is 0 Å². The molecule has 0 aliphatic heterocycles. The van der Waals surface area contributed by atoms with E-state index in [-0.39, 0.29) is 5.75 Å². The van der Waals surface area contributed by atoms with Gasteiger partial charge in [-0.1, -0.05) is 96.8 Å². The van der Waals surface area contributed by atoms with Gasteiger partial charge in [0.15, 0.2) is 0 Å². The van der Waals surface area contributed by atoms with Crippen LogP contribution in [0.2, 0.25) is 0 Å². The summed E-state index contributed by atoms with van der Waals surface area (Å²) in [6, 6.07) is 0. The zero-order valence-electron chi connectivity index (χ0n) is 13.9. The van der Waals surface area contributed by atoms with E-state index in [0.29, 0.717) is 6.42 Å². The minimum Gasteiger partial charge on any atom is -0.748 e. The summed E-state index contributed by atoms with van der Waals surface area (Å²) in [6.45, 7) is 2.26. The highest BCUT2D eigenvalue weighted by molar-refractivity contribution is 7.85. The van der Waals surface area contributed by atoms with Gasteiger partial charge in [-0.05, 0) is 6.42 Å². The molecule has 0 rings (SSSR count). The fraction of sp³-hybridized carbons (Fsp3) is 1.00. The van der Waals surface area contributed by atoms with Gasteiger partial charge in [-0.2, -0.15) is 0 Å². The molecule has 0 heterocycles. The Morgan fingerprint density at radius 2 is 0.857 bits per heavy atom. The maximum Gasteiger partial charge on any atom is 0.0945 e. The van der Waals surface area contributed by atoms with Crippen molar-refractivity contribution in [2.75, 3.05) is 5.75 Å². The Bertz CT molecular complexity index is 299. The predicted molar refractivity (Wildman–Crippen MR) is 89.5 cm³/mol. The maximum absolute atomic E-state index is 10.4. The first-order valence-electron chi connectivity index (χ1n) is 9.00. The first-order chi connectivity index (χ1) is 10.1. The fourth-order valence-electron chi connectivity index (χ4n) is 2.65. The molecule has 0 aromatic rings. The van der Waals surface area contributed by atoms with Crippen LogP contribution in [0.1, 0.15) is 103 Å². The summed E-state index contributed by atoms with van der Waals surface area (Å²) < 4.78 is 31.2. The molecule has 0 N–H and O–H groups in total. The standard InChI is InChI=1S/C17H36O3S/c1-2-3-4-5-6-7-8-9-10-11-12-13-14-15-16-17-21(18,19)20/h2-17H2,1H3,(H,18,19,20)/p-1. The molecule has 0 unspecified atom stereocenters. The molecule has 0 aliphatic carbocycles. The quantitative estimate of drug-likeness (QED) is 0.282. The molecule has 0 amide bonds. The van der Waals surface area contributed by atoms with Crippen molar-refractivity contribution < 1.29 is 13.0 Å². The number of hydrogen-bond donors (Lipinski definition) is 0. The third kappa shape index (κ3) is 19.9. The maximum atomic E-state index is 10.4. The zero-order valence-corrected chi connectivity index (χ0v) is 14.8. The van der Waals surface area contributed by atoms with Crippen LogP contribution in [-0.2, 0) is 10.1 Å². The topological polar surface area (TPSA) is 57.2 Å². The Labute approximate surface area is 132 Å². The lowest BCUT2D eigenvalue weighted by Gasteiger charge is -2.06. The lowest BCUT2D eigenvalue weighted by molar-refractivity contribution is 0.459. The van der Waals surface area contributed by atoms with Gasteiger partial charge < -0.3 is 4.55 Å². The minimum atomic E-state index is -3.99. The molecule has 0 saturated heterocycles. The smallest absolute Gasteiger partial charge is 0.0945 e. The average molecular weight is 320 g/mol. The summed E-state index contributed by atoms with van der Waals surface area (Å²) in [6.07, 6.45) is 18.6. The van der Waals surface area contributed by atoms with E-state index in [0.717, 1.165) is 12.8 Å². The van der Waals surface area contributed by atoms with Gasteiger partial charge in [-0.15, -0.1) is 0 Å². The second-order valence-electron chi connectivity index (χ2n) is 6.21.